The Labute approximate surface area is 234 Å². The van der Waals surface area contributed by atoms with Gasteiger partial charge < -0.3 is 9.84 Å². The van der Waals surface area contributed by atoms with Gasteiger partial charge >= 0.3 is 12.1 Å². The molecule has 0 amide bonds. The number of halogens is 3. The third-order valence-electron chi connectivity index (χ3n) is 7.28. The molecule has 2 heterocycles. The number of piperazine rings is 1. The van der Waals surface area contributed by atoms with Crippen LogP contribution in [0.4, 0.5) is 13.2 Å². The SMILES string of the molecule is COc1ccc(-n2nnnc2C(F)(F)F)cc1CN1CCN(CC(=O)O)C(C(c2ccccc2)c2ccccc2)C1. The average molecular weight is 567 g/mol. The third-order valence-corrected chi connectivity index (χ3v) is 7.28. The van der Waals surface area contributed by atoms with Crippen molar-refractivity contribution in [2.24, 2.45) is 0 Å². The number of aliphatic carboxylic acids is 1. The first kappa shape index (κ1) is 28.2. The summed E-state index contributed by atoms with van der Waals surface area (Å²) in [7, 11) is 1.51. The topological polar surface area (TPSA) is 96.6 Å². The Balaban J connectivity index is 1.48. The first-order valence-electron chi connectivity index (χ1n) is 13.1. The molecule has 5 rings (SSSR count). The van der Waals surface area contributed by atoms with Gasteiger partial charge in [0.15, 0.2) is 0 Å². The number of alkyl halides is 3. The smallest absolute Gasteiger partial charge is 0.453 e. The summed E-state index contributed by atoms with van der Waals surface area (Å²) in [4.78, 5) is 16.0. The van der Waals surface area contributed by atoms with E-state index in [0.717, 1.165) is 11.1 Å². The molecule has 0 radical (unpaired) electrons. The predicted octanol–water partition coefficient (Wildman–Crippen LogP) is 4.09. The molecule has 0 spiro atoms. The Hall–Kier alpha value is -4.29. The highest BCUT2D eigenvalue weighted by Crippen LogP contribution is 2.35. The van der Waals surface area contributed by atoms with Crippen LogP contribution in [0.3, 0.4) is 0 Å². The first-order chi connectivity index (χ1) is 19.7. The van der Waals surface area contributed by atoms with Crippen LogP contribution in [0.1, 0.15) is 28.4 Å². The third kappa shape index (κ3) is 6.39. The Bertz CT molecular complexity index is 1430. The molecule has 3 aromatic carbocycles. The Kier molecular flexibility index (Phi) is 8.31. The molecule has 4 aromatic rings. The Morgan fingerprint density at radius 3 is 2.27 bits per heavy atom. The molecule has 1 aromatic heterocycles. The summed E-state index contributed by atoms with van der Waals surface area (Å²) in [5, 5.41) is 19.6. The van der Waals surface area contributed by atoms with E-state index >= 15 is 0 Å². The largest absolute Gasteiger partial charge is 0.496 e. The van der Waals surface area contributed by atoms with Gasteiger partial charge in [-0.1, -0.05) is 60.7 Å². The number of rotatable bonds is 9. The van der Waals surface area contributed by atoms with E-state index < -0.39 is 18.0 Å². The standard InChI is InChI=1S/C29H29F3N6O3/c1-41-25-13-12-23(38-28(29(30,31)32)33-34-35-38)16-22(25)17-36-14-15-37(19-26(39)40)24(18-36)27(20-8-4-2-5-9-20)21-10-6-3-7-11-21/h2-13,16,24,27H,14-15,17-19H2,1H3,(H,39,40). The van der Waals surface area contributed by atoms with Gasteiger partial charge in [-0.05, 0) is 39.8 Å². The fraction of sp³-hybridized carbons (Fsp3) is 0.310. The van der Waals surface area contributed by atoms with Gasteiger partial charge in [-0.25, -0.2) is 0 Å². The van der Waals surface area contributed by atoms with Gasteiger partial charge in [0.05, 0.1) is 19.3 Å². The zero-order valence-electron chi connectivity index (χ0n) is 22.3. The van der Waals surface area contributed by atoms with Crippen LogP contribution in [0.15, 0.2) is 78.9 Å². The molecule has 0 bridgehead atoms. The van der Waals surface area contributed by atoms with Crippen LogP contribution in [-0.2, 0) is 17.5 Å². The molecule has 1 atom stereocenters. The Morgan fingerprint density at radius 1 is 1.02 bits per heavy atom. The second kappa shape index (κ2) is 12.1. The summed E-state index contributed by atoms with van der Waals surface area (Å²) in [6, 6.07) is 24.4. The van der Waals surface area contributed by atoms with Crippen molar-refractivity contribution < 1.29 is 27.8 Å². The van der Waals surface area contributed by atoms with E-state index in [1.54, 1.807) is 12.1 Å². The van der Waals surface area contributed by atoms with E-state index in [1.165, 1.54) is 13.2 Å². The Morgan fingerprint density at radius 2 is 1.68 bits per heavy atom. The van der Waals surface area contributed by atoms with Crippen molar-refractivity contribution in [1.29, 1.82) is 0 Å². The van der Waals surface area contributed by atoms with E-state index in [9.17, 15) is 23.1 Å². The van der Waals surface area contributed by atoms with E-state index in [1.807, 2.05) is 65.6 Å². The number of aromatic nitrogens is 4. The van der Waals surface area contributed by atoms with Gasteiger partial charge in [0.1, 0.15) is 5.75 Å². The van der Waals surface area contributed by atoms with Crippen LogP contribution in [0.25, 0.3) is 5.69 Å². The molecule has 9 nitrogen and oxygen atoms in total. The maximum atomic E-state index is 13.5. The van der Waals surface area contributed by atoms with Crippen molar-refractivity contribution in [1.82, 2.24) is 30.0 Å². The summed E-state index contributed by atoms with van der Waals surface area (Å²) >= 11 is 0. The number of carbonyl (C=O) groups is 1. The lowest BCUT2D eigenvalue weighted by molar-refractivity contribution is -0.146. The van der Waals surface area contributed by atoms with E-state index in [-0.39, 0.29) is 24.2 Å². The lowest BCUT2D eigenvalue weighted by Gasteiger charge is -2.44. The molecule has 1 aliphatic heterocycles. The quantitative estimate of drug-likeness (QED) is 0.324. The van der Waals surface area contributed by atoms with Gasteiger partial charge in [-0.2, -0.15) is 17.9 Å². The van der Waals surface area contributed by atoms with Gasteiger partial charge in [-0.15, -0.1) is 5.10 Å². The number of methoxy groups -OCH3 is 1. The molecule has 0 saturated carbocycles. The van der Waals surface area contributed by atoms with Crippen molar-refractivity contribution in [3.63, 3.8) is 0 Å². The normalized spacial score (nSPS) is 16.7. The second-order valence-corrected chi connectivity index (χ2v) is 9.87. The summed E-state index contributed by atoms with van der Waals surface area (Å²) in [5.74, 6) is -1.71. The minimum Gasteiger partial charge on any atom is -0.496 e. The lowest BCUT2D eigenvalue weighted by Crippen LogP contribution is -2.56. The van der Waals surface area contributed by atoms with Crippen LogP contribution in [-0.4, -0.2) is 80.4 Å². The monoisotopic (exact) mass is 566 g/mol. The summed E-state index contributed by atoms with van der Waals surface area (Å²) in [6.07, 6.45) is -4.72. The van der Waals surface area contributed by atoms with E-state index in [0.29, 0.717) is 42.2 Å². The highest BCUT2D eigenvalue weighted by Gasteiger charge is 2.39. The van der Waals surface area contributed by atoms with Crippen molar-refractivity contribution in [3.05, 3.63) is 101 Å². The summed E-state index contributed by atoms with van der Waals surface area (Å²) < 4.78 is 46.6. The minimum absolute atomic E-state index is 0.104. The van der Waals surface area contributed by atoms with Crippen molar-refractivity contribution in [3.8, 4) is 11.4 Å². The molecule has 1 fully saturated rings. The number of carboxylic acids is 1. The molecule has 1 saturated heterocycles. The van der Waals surface area contributed by atoms with Crippen molar-refractivity contribution >= 4 is 5.97 Å². The molecule has 0 aliphatic carbocycles. The number of carboxylic acid groups (broad SMARTS) is 1. The maximum absolute atomic E-state index is 13.5. The molecule has 41 heavy (non-hydrogen) atoms. The highest BCUT2D eigenvalue weighted by molar-refractivity contribution is 5.69. The summed E-state index contributed by atoms with van der Waals surface area (Å²) in [6.45, 7) is 1.85. The number of tetrazole rings is 1. The van der Waals surface area contributed by atoms with Crippen LogP contribution in [0, 0.1) is 0 Å². The van der Waals surface area contributed by atoms with E-state index in [2.05, 4.69) is 20.4 Å². The summed E-state index contributed by atoms with van der Waals surface area (Å²) in [5.41, 5.74) is 2.96. The van der Waals surface area contributed by atoms with Gasteiger partial charge in [0.25, 0.3) is 5.82 Å². The van der Waals surface area contributed by atoms with Crippen LogP contribution >= 0.6 is 0 Å². The molecular weight excluding hydrogens is 537 g/mol. The van der Waals surface area contributed by atoms with Gasteiger partial charge in [0.2, 0.25) is 0 Å². The molecule has 1 N–H and O–H groups in total. The number of ether oxygens (including phenoxy) is 1. The number of benzene rings is 3. The predicted molar refractivity (Wildman–Crippen MR) is 144 cm³/mol. The van der Waals surface area contributed by atoms with Crippen LogP contribution in [0.2, 0.25) is 0 Å². The first-order valence-corrected chi connectivity index (χ1v) is 13.1. The fourth-order valence-corrected chi connectivity index (χ4v) is 5.49. The lowest BCUT2D eigenvalue weighted by atomic mass is 9.83. The minimum atomic E-state index is -4.72. The number of hydrogen-bond donors (Lipinski definition) is 1. The van der Waals surface area contributed by atoms with Crippen LogP contribution < -0.4 is 4.74 Å². The number of nitrogens with zero attached hydrogens (tertiary/aromatic N) is 6. The van der Waals surface area contributed by atoms with Crippen molar-refractivity contribution in [2.75, 3.05) is 33.3 Å². The van der Waals surface area contributed by atoms with Gasteiger partial charge in [-0.3, -0.25) is 14.6 Å². The number of hydrogen-bond acceptors (Lipinski definition) is 7. The zero-order valence-corrected chi connectivity index (χ0v) is 22.3. The molecule has 1 aliphatic rings. The second-order valence-electron chi connectivity index (χ2n) is 9.87. The maximum Gasteiger partial charge on any atom is 0.453 e. The van der Waals surface area contributed by atoms with E-state index in [4.69, 9.17) is 4.74 Å². The average Bonchev–Trinajstić information content (AvgIpc) is 3.47. The highest BCUT2D eigenvalue weighted by atomic mass is 19.4. The van der Waals surface area contributed by atoms with Gasteiger partial charge in [0, 0.05) is 43.7 Å². The van der Waals surface area contributed by atoms with Crippen molar-refractivity contribution in [2.45, 2.75) is 24.7 Å². The molecule has 214 valence electrons. The van der Waals surface area contributed by atoms with Crippen LogP contribution in [0.5, 0.6) is 5.75 Å². The molecule has 1 unspecified atom stereocenters. The molecular formula is C29H29F3N6O3. The molecule has 12 heteroatoms. The fourth-order valence-electron chi connectivity index (χ4n) is 5.49. The zero-order chi connectivity index (χ0) is 29.0.